The van der Waals surface area contributed by atoms with Crippen molar-refractivity contribution in [2.75, 3.05) is 5.73 Å². The molecule has 0 radical (unpaired) electrons. The number of phenols is 1. The summed E-state index contributed by atoms with van der Waals surface area (Å²) in [4.78, 5) is 4.55. The van der Waals surface area contributed by atoms with Crippen molar-refractivity contribution in [3.63, 3.8) is 0 Å². The average Bonchev–Trinajstić information content (AvgIpc) is 2.75. The molecule has 1 aliphatic rings. The second-order valence-corrected chi connectivity index (χ2v) is 7.65. The van der Waals surface area contributed by atoms with E-state index < -0.39 is 0 Å². The molecule has 5 rings (SSSR count). The van der Waals surface area contributed by atoms with E-state index in [1.165, 1.54) is 0 Å². The number of aromatic hydroxyl groups is 1. The van der Waals surface area contributed by atoms with Crippen LogP contribution in [0.4, 0.5) is 5.82 Å². The smallest absolute Gasteiger partial charge is 0.306 e. The predicted molar refractivity (Wildman–Crippen MR) is 115 cm³/mol. The number of hydrogen-bond donors (Lipinski definition) is 2. The number of ether oxygens (including phenoxy) is 1. The van der Waals surface area contributed by atoms with Crippen molar-refractivity contribution in [1.29, 1.82) is 0 Å². The zero-order valence-electron chi connectivity index (χ0n) is 16.0. The molecule has 2 heterocycles. The number of phenolic OH excluding ortho intramolecular Hbond substituents is 1. The van der Waals surface area contributed by atoms with Gasteiger partial charge in [0, 0.05) is 16.7 Å². The summed E-state index contributed by atoms with van der Waals surface area (Å²) in [5.74, 6) is 1.37. The summed E-state index contributed by atoms with van der Waals surface area (Å²) < 4.78 is 7.94. The maximum atomic E-state index is 9.96. The molecule has 5 nitrogen and oxygen atoms in total. The Hall–Kier alpha value is -3.57. The Kier molecular flexibility index (Phi) is 4.52. The van der Waals surface area contributed by atoms with Gasteiger partial charge in [0.15, 0.2) is 0 Å². The van der Waals surface area contributed by atoms with Crippen LogP contribution >= 0.6 is 11.6 Å². The van der Waals surface area contributed by atoms with Gasteiger partial charge in [-0.1, -0.05) is 71.2 Å². The van der Waals surface area contributed by atoms with Crippen molar-refractivity contribution in [2.24, 2.45) is 0 Å². The van der Waals surface area contributed by atoms with Crippen molar-refractivity contribution >= 4 is 17.4 Å². The molecule has 3 aromatic carbocycles. The summed E-state index contributed by atoms with van der Waals surface area (Å²) in [5, 5.41) is 10.6. The van der Waals surface area contributed by atoms with Gasteiger partial charge in [-0.15, -0.1) is 0 Å². The van der Waals surface area contributed by atoms with Crippen molar-refractivity contribution < 1.29 is 14.4 Å². The van der Waals surface area contributed by atoms with Gasteiger partial charge in [0.1, 0.15) is 17.1 Å². The largest absolute Gasteiger partial charge is 0.508 e. The number of benzene rings is 3. The molecule has 0 spiro atoms. The van der Waals surface area contributed by atoms with E-state index in [1.54, 1.807) is 18.5 Å². The molecule has 148 valence electrons. The zero-order chi connectivity index (χ0) is 20.7. The van der Waals surface area contributed by atoms with Gasteiger partial charge in [-0.2, -0.15) is 0 Å². The Morgan fingerprint density at radius 2 is 1.77 bits per heavy atom. The highest BCUT2D eigenvalue weighted by Crippen LogP contribution is 2.49. The minimum atomic E-state index is -0.270. The van der Waals surface area contributed by atoms with E-state index in [2.05, 4.69) is 4.98 Å². The molecule has 0 aliphatic carbocycles. The van der Waals surface area contributed by atoms with Crippen LogP contribution in [0.2, 0.25) is 5.02 Å². The Balaban J connectivity index is 1.71. The number of halogens is 1. The number of nitrogen functional groups attached to an aromatic ring is 1. The molecule has 4 aromatic rings. The van der Waals surface area contributed by atoms with Crippen molar-refractivity contribution in [2.45, 2.75) is 12.5 Å². The van der Waals surface area contributed by atoms with Gasteiger partial charge in [-0.05, 0) is 23.3 Å². The molecular formula is C24H19ClN3O2+. The minimum absolute atomic E-state index is 0.123. The second-order valence-electron chi connectivity index (χ2n) is 7.24. The monoisotopic (exact) mass is 416 g/mol. The molecule has 0 saturated heterocycles. The van der Waals surface area contributed by atoms with Gasteiger partial charge in [-0.3, -0.25) is 0 Å². The lowest BCUT2D eigenvalue weighted by Gasteiger charge is -2.27. The van der Waals surface area contributed by atoms with Crippen molar-refractivity contribution in [3.8, 4) is 17.4 Å². The lowest BCUT2D eigenvalue weighted by atomic mass is 9.83. The minimum Gasteiger partial charge on any atom is -0.508 e. The van der Waals surface area contributed by atoms with Gasteiger partial charge >= 0.3 is 5.88 Å². The Morgan fingerprint density at radius 3 is 2.57 bits per heavy atom. The molecular weight excluding hydrogens is 398 g/mol. The van der Waals surface area contributed by atoms with Crippen LogP contribution < -0.4 is 15.0 Å². The first-order chi connectivity index (χ1) is 14.6. The Labute approximate surface area is 179 Å². The normalized spacial score (nSPS) is 14.5. The Bertz CT molecular complexity index is 1240. The van der Waals surface area contributed by atoms with Gasteiger partial charge in [0.25, 0.3) is 0 Å². The maximum Gasteiger partial charge on any atom is 0.306 e. The molecule has 1 aromatic heterocycles. The molecule has 0 bridgehead atoms. The second kappa shape index (κ2) is 7.35. The van der Waals surface area contributed by atoms with Crippen LogP contribution in [-0.4, -0.2) is 10.1 Å². The zero-order valence-corrected chi connectivity index (χ0v) is 16.8. The topological polar surface area (TPSA) is 72.2 Å². The number of fused-ring (bicyclic) bond motifs is 2. The first-order valence-corrected chi connectivity index (χ1v) is 9.96. The van der Waals surface area contributed by atoms with Crippen LogP contribution in [-0.2, 0) is 6.54 Å². The average molecular weight is 417 g/mol. The number of hydrogen-bond acceptors (Lipinski definition) is 4. The molecule has 3 N–H and O–H groups in total. The van der Waals surface area contributed by atoms with E-state index in [9.17, 15) is 5.11 Å². The third kappa shape index (κ3) is 3.13. The van der Waals surface area contributed by atoms with E-state index in [0.29, 0.717) is 29.0 Å². The lowest BCUT2D eigenvalue weighted by Crippen LogP contribution is -2.40. The van der Waals surface area contributed by atoms with Gasteiger partial charge in [-0.25, -0.2) is 4.57 Å². The molecule has 0 saturated carbocycles. The summed E-state index contributed by atoms with van der Waals surface area (Å²) in [6.07, 6.45) is 1.68. The quantitative estimate of drug-likeness (QED) is 0.420. The number of anilines is 1. The van der Waals surface area contributed by atoms with E-state index >= 15 is 0 Å². The summed E-state index contributed by atoms with van der Waals surface area (Å²) in [6, 6.07) is 22.8. The standard InChI is InChI=1S/C24H18ClN3O2/c25-19-9-5-4-8-17(19)21-18-11-10-16(29)12-20(18)30-24-22(21)23(26)28(14-27-24)13-15-6-2-1-3-7-15/h1-12,14,21,26,29H,13H2/p+1/t21-/m1/s1. The predicted octanol–water partition coefficient (Wildman–Crippen LogP) is 4.64. The van der Waals surface area contributed by atoms with E-state index in [4.69, 9.17) is 22.1 Å². The highest BCUT2D eigenvalue weighted by atomic mass is 35.5. The highest BCUT2D eigenvalue weighted by molar-refractivity contribution is 6.31. The summed E-state index contributed by atoms with van der Waals surface area (Å²) in [6.45, 7) is 0.588. The molecule has 6 heteroatoms. The fourth-order valence-electron chi connectivity index (χ4n) is 3.92. The fourth-order valence-corrected chi connectivity index (χ4v) is 4.16. The van der Waals surface area contributed by atoms with Crippen LogP contribution in [0, 0.1) is 0 Å². The summed E-state index contributed by atoms with van der Waals surface area (Å²) >= 11 is 6.59. The molecule has 0 fully saturated rings. The Morgan fingerprint density at radius 1 is 1.00 bits per heavy atom. The molecule has 0 amide bonds. The van der Waals surface area contributed by atoms with Gasteiger partial charge in [0.2, 0.25) is 12.1 Å². The molecule has 0 unspecified atom stereocenters. The number of rotatable bonds is 3. The van der Waals surface area contributed by atoms with Crippen LogP contribution in [0.5, 0.6) is 17.4 Å². The van der Waals surface area contributed by atoms with Crippen LogP contribution in [0.3, 0.4) is 0 Å². The van der Waals surface area contributed by atoms with Crippen LogP contribution in [0.25, 0.3) is 0 Å². The van der Waals surface area contributed by atoms with Gasteiger partial charge in [0.05, 0.1) is 12.5 Å². The number of nitrogens with two attached hydrogens (primary N) is 1. The molecule has 1 aliphatic heterocycles. The first-order valence-electron chi connectivity index (χ1n) is 9.58. The number of aromatic nitrogens is 2. The van der Waals surface area contributed by atoms with Crippen molar-refractivity contribution in [1.82, 2.24) is 4.98 Å². The van der Waals surface area contributed by atoms with Gasteiger partial charge < -0.3 is 15.6 Å². The number of nitrogens with zero attached hydrogens (tertiary/aromatic N) is 2. The van der Waals surface area contributed by atoms with E-state index in [-0.39, 0.29) is 11.7 Å². The highest BCUT2D eigenvalue weighted by Gasteiger charge is 2.37. The third-order valence-corrected chi connectivity index (χ3v) is 5.69. The van der Waals surface area contributed by atoms with E-state index in [1.807, 2.05) is 65.2 Å². The maximum absolute atomic E-state index is 9.96. The van der Waals surface area contributed by atoms with E-state index in [0.717, 1.165) is 22.3 Å². The van der Waals surface area contributed by atoms with Crippen molar-refractivity contribution in [3.05, 3.63) is 106 Å². The SMILES string of the molecule is Nc1c2c(nc[n+]1Cc1ccccc1)Oc1cc(O)ccc1[C@H]2c1ccccc1Cl. The molecule has 1 atom stereocenters. The summed E-state index contributed by atoms with van der Waals surface area (Å²) in [7, 11) is 0. The third-order valence-electron chi connectivity index (χ3n) is 5.35. The van der Waals surface area contributed by atoms with Crippen LogP contribution in [0.1, 0.15) is 28.2 Å². The summed E-state index contributed by atoms with van der Waals surface area (Å²) in [5.41, 5.74) is 10.3. The fraction of sp³-hybridized carbons (Fsp3) is 0.0833. The first kappa shape index (κ1) is 18.5. The molecule has 30 heavy (non-hydrogen) atoms. The van der Waals surface area contributed by atoms with Crippen LogP contribution in [0.15, 0.2) is 79.1 Å². The lowest BCUT2D eigenvalue weighted by molar-refractivity contribution is -0.677.